The van der Waals surface area contributed by atoms with Gasteiger partial charge in [0.15, 0.2) is 0 Å². The molecule has 1 aliphatic heterocycles. The fraction of sp³-hybridized carbons (Fsp3) is 0.600. The summed E-state index contributed by atoms with van der Waals surface area (Å²) in [4.78, 5) is 10.2. The lowest BCUT2D eigenvalue weighted by Crippen LogP contribution is -2.48. The lowest BCUT2D eigenvalue weighted by molar-refractivity contribution is -0.0219. The van der Waals surface area contributed by atoms with Crippen molar-refractivity contribution < 1.29 is 9.84 Å². The van der Waals surface area contributed by atoms with Crippen LogP contribution in [0.15, 0.2) is 12.3 Å². The van der Waals surface area contributed by atoms with Crippen LogP contribution < -0.4 is 10.6 Å². The van der Waals surface area contributed by atoms with Crippen molar-refractivity contribution in [2.45, 2.75) is 18.6 Å². The van der Waals surface area contributed by atoms with Crippen LogP contribution in [0.1, 0.15) is 6.42 Å². The normalized spacial score (nSPS) is 25.8. The molecule has 0 radical (unpaired) electrons. The van der Waals surface area contributed by atoms with E-state index in [0.717, 1.165) is 13.0 Å². The van der Waals surface area contributed by atoms with E-state index in [1.165, 1.54) is 0 Å². The fourth-order valence-corrected chi connectivity index (χ4v) is 1.88. The highest BCUT2D eigenvalue weighted by molar-refractivity contribution is 5.38. The van der Waals surface area contributed by atoms with Gasteiger partial charge in [0.1, 0.15) is 5.82 Å². The van der Waals surface area contributed by atoms with E-state index < -0.39 is 6.10 Å². The summed E-state index contributed by atoms with van der Waals surface area (Å²) in [7, 11) is 1.61. The van der Waals surface area contributed by atoms with Crippen molar-refractivity contribution >= 4 is 11.8 Å². The molecule has 6 heteroatoms. The second-order valence-corrected chi connectivity index (χ2v) is 3.86. The topological polar surface area (TPSA) is 84.5 Å². The van der Waals surface area contributed by atoms with Crippen molar-refractivity contribution in [3.05, 3.63) is 12.3 Å². The van der Waals surface area contributed by atoms with Crippen LogP contribution in [-0.4, -0.2) is 47.5 Å². The summed E-state index contributed by atoms with van der Waals surface area (Å²) in [5.74, 6) is 1.00. The van der Waals surface area contributed by atoms with Gasteiger partial charge < -0.3 is 20.5 Å². The molecule has 16 heavy (non-hydrogen) atoms. The molecule has 6 nitrogen and oxygen atoms in total. The molecule has 88 valence electrons. The highest BCUT2D eigenvalue weighted by Gasteiger charge is 2.28. The number of hydrogen-bond acceptors (Lipinski definition) is 6. The van der Waals surface area contributed by atoms with Crippen LogP contribution in [0.25, 0.3) is 0 Å². The van der Waals surface area contributed by atoms with Crippen molar-refractivity contribution in [2.75, 3.05) is 30.8 Å². The average molecular weight is 224 g/mol. The minimum atomic E-state index is -0.510. The number of hydrogen-bond donors (Lipinski definition) is 2. The summed E-state index contributed by atoms with van der Waals surface area (Å²) >= 11 is 0. The number of β-amino-alcohol motifs (C(OH)–C–C–N with tert-alkyl or cyclic N) is 1. The fourth-order valence-electron chi connectivity index (χ4n) is 1.88. The second-order valence-electron chi connectivity index (χ2n) is 3.86. The molecule has 0 amide bonds. The minimum absolute atomic E-state index is 0.0997. The molecule has 2 atom stereocenters. The number of aromatic nitrogens is 2. The highest BCUT2D eigenvalue weighted by atomic mass is 16.5. The Kier molecular flexibility index (Phi) is 3.21. The third-order valence-corrected chi connectivity index (χ3v) is 2.77. The molecule has 0 spiro atoms. The lowest BCUT2D eigenvalue weighted by Gasteiger charge is -2.35. The van der Waals surface area contributed by atoms with Gasteiger partial charge in [0.05, 0.1) is 12.2 Å². The Balaban J connectivity index is 2.07. The van der Waals surface area contributed by atoms with E-state index in [2.05, 4.69) is 9.97 Å². The zero-order valence-corrected chi connectivity index (χ0v) is 9.21. The van der Waals surface area contributed by atoms with E-state index in [9.17, 15) is 5.11 Å². The smallest absolute Gasteiger partial charge is 0.227 e. The Morgan fingerprint density at radius 3 is 3.06 bits per heavy atom. The predicted molar refractivity (Wildman–Crippen MR) is 60.1 cm³/mol. The number of nitrogens with two attached hydrogens (primary N) is 1. The summed E-state index contributed by atoms with van der Waals surface area (Å²) in [5.41, 5.74) is 5.59. The van der Waals surface area contributed by atoms with E-state index in [1.807, 2.05) is 4.90 Å². The van der Waals surface area contributed by atoms with E-state index in [1.54, 1.807) is 19.4 Å². The molecule has 1 aromatic heterocycles. The molecule has 1 aromatic rings. The molecule has 0 unspecified atom stereocenters. The number of methoxy groups -OCH3 is 1. The van der Waals surface area contributed by atoms with Gasteiger partial charge in [-0.3, -0.25) is 0 Å². The Hall–Kier alpha value is -1.40. The van der Waals surface area contributed by atoms with Crippen LogP contribution >= 0.6 is 0 Å². The summed E-state index contributed by atoms with van der Waals surface area (Å²) in [6.07, 6.45) is 1.77. The number of aliphatic hydroxyl groups is 1. The van der Waals surface area contributed by atoms with E-state index in [4.69, 9.17) is 10.5 Å². The molecule has 1 aliphatic rings. The first-order valence-electron chi connectivity index (χ1n) is 5.25. The van der Waals surface area contributed by atoms with Crippen LogP contribution in [0.4, 0.5) is 11.8 Å². The van der Waals surface area contributed by atoms with E-state index in [0.29, 0.717) is 18.3 Å². The lowest BCUT2D eigenvalue weighted by atomic mass is 10.1. The maximum absolute atomic E-state index is 9.82. The second kappa shape index (κ2) is 4.63. The Bertz CT molecular complexity index is 360. The maximum Gasteiger partial charge on any atom is 0.227 e. The van der Waals surface area contributed by atoms with Crippen molar-refractivity contribution in [1.29, 1.82) is 0 Å². The first-order valence-corrected chi connectivity index (χ1v) is 5.25. The molecule has 1 fully saturated rings. The molecule has 1 saturated heterocycles. The summed E-state index contributed by atoms with van der Waals surface area (Å²) in [6.45, 7) is 1.24. The number of aliphatic hydroxyl groups excluding tert-OH is 1. The van der Waals surface area contributed by atoms with Crippen LogP contribution in [0.3, 0.4) is 0 Å². The first kappa shape index (κ1) is 11.1. The number of ether oxygens (including phenoxy) is 1. The van der Waals surface area contributed by atoms with Crippen LogP contribution in [0.5, 0.6) is 0 Å². The van der Waals surface area contributed by atoms with Gasteiger partial charge >= 0.3 is 0 Å². The molecule has 2 heterocycles. The van der Waals surface area contributed by atoms with Crippen LogP contribution in [-0.2, 0) is 4.74 Å². The zero-order chi connectivity index (χ0) is 11.5. The zero-order valence-electron chi connectivity index (χ0n) is 9.21. The maximum atomic E-state index is 9.82. The summed E-state index contributed by atoms with van der Waals surface area (Å²) < 4.78 is 5.17. The largest absolute Gasteiger partial charge is 0.389 e. The SMILES string of the molecule is CO[C@@H]1CCN(c2nccc(N)n2)C[C@H]1O. The molecule has 0 bridgehead atoms. The number of piperidine rings is 1. The molecular weight excluding hydrogens is 208 g/mol. The number of nitrogens with zero attached hydrogens (tertiary/aromatic N) is 3. The number of anilines is 2. The van der Waals surface area contributed by atoms with Gasteiger partial charge in [0.2, 0.25) is 5.95 Å². The predicted octanol–water partition coefficient (Wildman–Crippen LogP) is -0.355. The van der Waals surface area contributed by atoms with Crippen molar-refractivity contribution in [2.24, 2.45) is 0 Å². The summed E-state index contributed by atoms with van der Waals surface area (Å²) in [5, 5.41) is 9.82. The molecular formula is C10H16N4O2. The van der Waals surface area contributed by atoms with Crippen LogP contribution in [0, 0.1) is 0 Å². The van der Waals surface area contributed by atoms with Gasteiger partial charge in [0, 0.05) is 26.4 Å². The highest BCUT2D eigenvalue weighted by Crippen LogP contribution is 2.18. The molecule has 0 aromatic carbocycles. The average Bonchev–Trinajstić information content (AvgIpc) is 2.29. The quantitative estimate of drug-likeness (QED) is 0.714. The molecule has 2 rings (SSSR count). The van der Waals surface area contributed by atoms with Crippen molar-refractivity contribution in [3.63, 3.8) is 0 Å². The van der Waals surface area contributed by atoms with Crippen LogP contribution in [0.2, 0.25) is 0 Å². The van der Waals surface area contributed by atoms with Crippen molar-refractivity contribution in [1.82, 2.24) is 9.97 Å². The molecule has 3 N–H and O–H groups in total. The Labute approximate surface area is 94.1 Å². The monoisotopic (exact) mass is 224 g/mol. The van der Waals surface area contributed by atoms with Gasteiger partial charge in [0.25, 0.3) is 0 Å². The number of rotatable bonds is 2. The first-order chi connectivity index (χ1) is 7.70. The minimum Gasteiger partial charge on any atom is -0.389 e. The van der Waals surface area contributed by atoms with Gasteiger partial charge in [-0.1, -0.05) is 0 Å². The summed E-state index contributed by atoms with van der Waals surface area (Å²) in [6, 6.07) is 1.64. The third kappa shape index (κ3) is 2.23. The number of nitrogen functional groups attached to an aromatic ring is 1. The van der Waals surface area contributed by atoms with E-state index >= 15 is 0 Å². The van der Waals surface area contributed by atoms with Gasteiger partial charge in [-0.05, 0) is 12.5 Å². The Morgan fingerprint density at radius 1 is 1.62 bits per heavy atom. The van der Waals surface area contributed by atoms with Gasteiger partial charge in [-0.2, -0.15) is 4.98 Å². The Morgan fingerprint density at radius 2 is 2.44 bits per heavy atom. The van der Waals surface area contributed by atoms with Gasteiger partial charge in [-0.15, -0.1) is 0 Å². The molecule has 0 saturated carbocycles. The van der Waals surface area contributed by atoms with E-state index in [-0.39, 0.29) is 6.10 Å². The molecule has 0 aliphatic carbocycles. The standard InChI is InChI=1S/C10H16N4O2/c1-16-8-3-5-14(6-7(8)15)10-12-4-2-9(11)13-10/h2,4,7-8,15H,3,5-6H2,1H3,(H2,11,12,13)/t7-,8-/m1/s1. The van der Waals surface area contributed by atoms with Gasteiger partial charge in [-0.25, -0.2) is 4.98 Å². The van der Waals surface area contributed by atoms with Crippen molar-refractivity contribution in [3.8, 4) is 0 Å². The third-order valence-electron chi connectivity index (χ3n) is 2.77.